The Morgan fingerprint density at radius 2 is 1.46 bits per heavy atom. The van der Waals surface area contributed by atoms with Crippen LogP contribution in [0.2, 0.25) is 5.02 Å². The van der Waals surface area contributed by atoms with Crippen LogP contribution in [-0.2, 0) is 33.5 Å². The molecule has 0 bridgehead atoms. The molecule has 0 spiro atoms. The molecule has 2 atom stereocenters. The molecule has 13 nitrogen and oxygen atoms in total. The van der Waals surface area contributed by atoms with Gasteiger partial charge in [0.05, 0.1) is 41.4 Å². The van der Waals surface area contributed by atoms with Crippen molar-refractivity contribution in [3.05, 3.63) is 132 Å². The van der Waals surface area contributed by atoms with Crippen LogP contribution >= 0.6 is 30.9 Å². The van der Waals surface area contributed by atoms with Crippen LogP contribution in [0.3, 0.4) is 0 Å². The molecule has 1 aromatic heterocycles. The fourth-order valence-electron chi connectivity index (χ4n) is 9.79. The molecule has 2 aliphatic heterocycles. The molecule has 5 aromatic carbocycles. The number of rotatable bonds is 20. The van der Waals surface area contributed by atoms with E-state index in [2.05, 4.69) is 20.2 Å². The average Bonchev–Trinajstić information content (AvgIpc) is 3.77. The molecule has 0 aliphatic carbocycles. The lowest BCUT2D eigenvalue weighted by Crippen LogP contribution is -2.46. The van der Waals surface area contributed by atoms with Gasteiger partial charge >= 0.3 is 13.0 Å². The molecule has 3 heterocycles. The Hall–Kier alpha value is -5.05. The summed E-state index contributed by atoms with van der Waals surface area (Å²) in [5.74, 6) is -0.112. The molecule has 2 saturated heterocycles. The number of sulfone groups is 2. The van der Waals surface area contributed by atoms with Gasteiger partial charge in [-0.25, -0.2) is 21.2 Å². The molecule has 8 rings (SSSR count). The zero-order valence-electron chi connectivity index (χ0n) is 42.8. The molecule has 2 N–H and O–H groups in total. The van der Waals surface area contributed by atoms with Crippen LogP contribution in [0.5, 0.6) is 0 Å². The van der Waals surface area contributed by atoms with Gasteiger partial charge in [-0.2, -0.15) is 13.2 Å². The van der Waals surface area contributed by atoms with Crippen molar-refractivity contribution in [1.82, 2.24) is 9.47 Å². The molecule has 2 fully saturated rings. The molecule has 22 heteroatoms. The van der Waals surface area contributed by atoms with Crippen LogP contribution in [0.1, 0.15) is 38.9 Å². The van der Waals surface area contributed by atoms with Crippen LogP contribution in [0.25, 0.3) is 22.4 Å². The van der Waals surface area contributed by atoms with Crippen molar-refractivity contribution in [3.63, 3.8) is 0 Å². The highest BCUT2D eigenvalue weighted by Crippen LogP contribution is 2.48. The summed E-state index contributed by atoms with van der Waals surface area (Å²) >= 11 is 7.75. The number of piperazine rings is 1. The topological polar surface area (TPSA) is 143 Å². The zero-order chi connectivity index (χ0) is 54.6. The minimum absolute atomic E-state index is 0.117. The zero-order valence-corrected chi connectivity index (χ0v) is 46.9. The molecular weight excluding hydrogens is 1080 g/mol. The van der Waals surface area contributed by atoms with Crippen molar-refractivity contribution in [2.45, 2.75) is 66.4 Å². The highest BCUT2D eigenvalue weighted by molar-refractivity contribution is 7.99. The Labute approximate surface area is 452 Å². The number of benzene rings is 5. The number of halogens is 5. The van der Waals surface area contributed by atoms with E-state index in [0.717, 1.165) is 28.5 Å². The monoisotopic (exact) mass is 1140 g/mol. The van der Waals surface area contributed by atoms with E-state index >= 15 is 4.39 Å². The maximum absolute atomic E-state index is 15.8. The summed E-state index contributed by atoms with van der Waals surface area (Å²) < 4.78 is 141. The first kappa shape index (κ1) is 57.1. The van der Waals surface area contributed by atoms with Gasteiger partial charge in [0.25, 0.3) is 9.84 Å². The third kappa shape index (κ3) is 13.1. The summed E-state index contributed by atoms with van der Waals surface area (Å²) in [6.45, 7) is 12.3. The third-order valence-corrected chi connectivity index (χ3v) is 19.7. The second-order valence-electron chi connectivity index (χ2n) is 19.0. The second kappa shape index (κ2) is 23.9. The summed E-state index contributed by atoms with van der Waals surface area (Å²) in [6.07, 6.45) is 1.65. The van der Waals surface area contributed by atoms with E-state index in [1.807, 2.05) is 71.8 Å². The van der Waals surface area contributed by atoms with Crippen LogP contribution in [-0.4, -0.2) is 115 Å². The SMILES string of the molecule is CCOP(=O)(Nc1ccc(N2CCN(c3cc(F)cc(-c4c(S(C)(=O)=O)c(C)n(C(C)C)c4-c4ccc(Cl)cc4)c3)CC2)cc1)c1ccc(N[C@H](CCN2CCOCC2)CSc2ccccc2)c(S(=O)(=O)C(F)(F)F)c1. The molecule has 0 saturated carbocycles. The van der Waals surface area contributed by atoms with Crippen LogP contribution < -0.4 is 25.5 Å². The Kier molecular flexibility index (Phi) is 18.0. The number of aromatic nitrogens is 1. The van der Waals surface area contributed by atoms with Crippen molar-refractivity contribution >= 4 is 78.6 Å². The number of thioether (sulfide) groups is 1. The molecule has 0 amide bonds. The number of nitrogens with zero attached hydrogens (tertiary/aromatic N) is 4. The van der Waals surface area contributed by atoms with Crippen molar-refractivity contribution in [3.8, 4) is 22.4 Å². The fraction of sp³-hybridized carbons (Fsp3) is 0.370. The van der Waals surface area contributed by atoms with E-state index in [1.165, 1.54) is 36.0 Å². The standard InChI is InChI=1S/C54H62ClF4N6O7PS3/c1-6-72-73(66,47-20-21-49(50(35-47)76(69,70)54(57,58)59)60-44(22-23-62-28-30-71-31-29-62)36-74-48-10-8-7-9-11-48)61-43-16-18-45(19-17-43)63-24-26-64(27-25-63)46-33-40(32-42(56)34-46)51-52(39-12-14-41(55)15-13-39)65(37(2)3)38(4)53(51)75(5,67)68/h7-21,32-35,37,44,60H,6,22-31,36H2,1-5H3,(H,61,66)/t44-,73?/m1/s1. The molecule has 2 aliphatic rings. The van der Waals surface area contributed by atoms with Gasteiger partial charge in [0.1, 0.15) is 10.7 Å². The van der Waals surface area contributed by atoms with Crippen LogP contribution in [0.4, 0.5) is 40.3 Å². The van der Waals surface area contributed by atoms with Gasteiger partial charge in [-0.05, 0) is 130 Å². The van der Waals surface area contributed by atoms with Gasteiger partial charge in [-0.1, -0.05) is 41.9 Å². The minimum atomic E-state index is -5.96. The number of alkyl halides is 3. The summed E-state index contributed by atoms with van der Waals surface area (Å²) in [5, 5.41) is 6.25. The Balaban J connectivity index is 1.01. The lowest BCUT2D eigenvalue weighted by molar-refractivity contribution is -0.0435. The minimum Gasteiger partial charge on any atom is -0.380 e. The van der Waals surface area contributed by atoms with Crippen LogP contribution in [0.15, 0.2) is 130 Å². The van der Waals surface area contributed by atoms with Crippen molar-refractivity contribution in [2.24, 2.45) is 0 Å². The summed E-state index contributed by atoms with van der Waals surface area (Å²) in [5.41, 5.74) is -1.51. The Morgan fingerprint density at radius 3 is 2.07 bits per heavy atom. The van der Waals surface area contributed by atoms with E-state index in [1.54, 1.807) is 50.2 Å². The normalized spacial score (nSPS) is 16.2. The maximum Gasteiger partial charge on any atom is 0.501 e. The fourth-order valence-corrected chi connectivity index (χ4v) is 14.9. The second-order valence-corrected chi connectivity index (χ2v) is 26.5. The lowest BCUT2D eigenvalue weighted by Gasteiger charge is -2.37. The number of nitrogens with one attached hydrogen (secondary N) is 2. The lowest BCUT2D eigenvalue weighted by atomic mass is 9.99. The first-order valence-corrected chi connectivity index (χ1v) is 31.3. The molecule has 408 valence electrons. The predicted octanol–water partition coefficient (Wildman–Crippen LogP) is 11.8. The first-order valence-electron chi connectivity index (χ1n) is 24.9. The summed E-state index contributed by atoms with van der Waals surface area (Å²) in [6, 6.07) is 30.9. The van der Waals surface area contributed by atoms with Crippen molar-refractivity contribution in [1.29, 1.82) is 0 Å². The highest BCUT2D eigenvalue weighted by atomic mass is 35.5. The number of hydrogen-bond donors (Lipinski definition) is 2. The maximum atomic E-state index is 15.8. The van der Waals surface area contributed by atoms with E-state index in [0.29, 0.717) is 110 Å². The molecule has 76 heavy (non-hydrogen) atoms. The van der Waals surface area contributed by atoms with Gasteiger partial charge in [0.15, 0.2) is 9.84 Å². The number of anilines is 4. The van der Waals surface area contributed by atoms with E-state index in [4.69, 9.17) is 20.9 Å². The van der Waals surface area contributed by atoms with Crippen molar-refractivity contribution in [2.75, 3.05) is 97.8 Å². The summed E-state index contributed by atoms with van der Waals surface area (Å²) in [4.78, 5) is 6.35. The van der Waals surface area contributed by atoms with E-state index in [-0.39, 0.29) is 28.5 Å². The van der Waals surface area contributed by atoms with Crippen LogP contribution in [0, 0.1) is 12.7 Å². The number of ether oxygens (including phenoxy) is 1. The molecular formula is C54H62ClF4N6O7PS3. The number of hydrogen-bond acceptors (Lipinski definition) is 12. The largest absolute Gasteiger partial charge is 0.501 e. The predicted molar refractivity (Wildman–Crippen MR) is 298 cm³/mol. The molecule has 6 aromatic rings. The highest BCUT2D eigenvalue weighted by Gasteiger charge is 2.49. The molecule has 0 radical (unpaired) electrons. The van der Waals surface area contributed by atoms with E-state index < -0.39 is 49.5 Å². The Bertz CT molecular complexity index is 3270. The Morgan fingerprint density at radius 1 is 0.816 bits per heavy atom. The van der Waals surface area contributed by atoms with Gasteiger partial charge in [0.2, 0.25) is 0 Å². The van der Waals surface area contributed by atoms with Gasteiger partial charge < -0.3 is 34.0 Å². The first-order chi connectivity index (χ1) is 36.1. The molecule has 1 unspecified atom stereocenters. The van der Waals surface area contributed by atoms with E-state index in [9.17, 15) is 34.6 Å². The van der Waals surface area contributed by atoms with Gasteiger partial charge in [-0.15, -0.1) is 11.8 Å². The average molecular weight is 1150 g/mol. The summed E-state index contributed by atoms with van der Waals surface area (Å²) in [7, 11) is -14.0. The number of morpholine rings is 1. The van der Waals surface area contributed by atoms with Crippen molar-refractivity contribution < 1.29 is 48.2 Å². The smallest absolute Gasteiger partial charge is 0.380 e. The van der Waals surface area contributed by atoms with Gasteiger partial charge in [0, 0.05) is 108 Å². The third-order valence-electron chi connectivity index (χ3n) is 13.4. The van der Waals surface area contributed by atoms with Gasteiger partial charge in [-0.3, -0.25) is 9.46 Å². The quantitative estimate of drug-likeness (QED) is 0.0426.